The van der Waals surface area contributed by atoms with Gasteiger partial charge in [-0.25, -0.2) is 0 Å². The van der Waals surface area contributed by atoms with Crippen LogP contribution in [0.2, 0.25) is 0 Å². The van der Waals surface area contributed by atoms with E-state index in [9.17, 15) is 4.79 Å². The van der Waals surface area contributed by atoms with Gasteiger partial charge in [0, 0.05) is 19.7 Å². The molecule has 0 saturated carbocycles. The number of hydrogen-bond donors (Lipinski definition) is 1. The zero-order valence-electron chi connectivity index (χ0n) is 6.63. The Kier molecular flexibility index (Phi) is 1.37. The van der Waals surface area contributed by atoms with Crippen molar-refractivity contribution in [2.75, 3.05) is 6.54 Å². The first-order valence-corrected chi connectivity index (χ1v) is 4.02. The van der Waals surface area contributed by atoms with Crippen molar-refractivity contribution in [1.82, 2.24) is 10.2 Å². The molecule has 2 aliphatic rings. The summed E-state index contributed by atoms with van der Waals surface area (Å²) in [7, 11) is 0. The molecule has 1 saturated heterocycles. The molecule has 1 atom stereocenters. The SMILES string of the molecule is CC(=O)C1=CN2CCCC2N1. The molecule has 0 radical (unpaired) electrons. The maximum atomic E-state index is 10.9. The number of nitrogens with one attached hydrogen (secondary N) is 1. The van der Waals surface area contributed by atoms with Crippen LogP contribution < -0.4 is 5.32 Å². The van der Waals surface area contributed by atoms with Crippen LogP contribution in [0.1, 0.15) is 19.8 Å². The molecule has 60 valence electrons. The van der Waals surface area contributed by atoms with E-state index in [1.54, 1.807) is 6.92 Å². The van der Waals surface area contributed by atoms with E-state index in [4.69, 9.17) is 0 Å². The van der Waals surface area contributed by atoms with Gasteiger partial charge < -0.3 is 10.2 Å². The standard InChI is InChI=1S/C8H12N2O/c1-6(11)7-5-10-4-2-3-8(10)9-7/h5,8-9H,2-4H2,1H3. The third-order valence-electron chi connectivity index (χ3n) is 2.29. The lowest BCUT2D eigenvalue weighted by Crippen LogP contribution is -2.30. The first kappa shape index (κ1) is 6.70. The Labute approximate surface area is 66.1 Å². The zero-order chi connectivity index (χ0) is 7.84. The number of rotatable bonds is 1. The summed E-state index contributed by atoms with van der Waals surface area (Å²) in [6.07, 6.45) is 4.75. The summed E-state index contributed by atoms with van der Waals surface area (Å²) in [6, 6.07) is 0. The molecule has 1 fully saturated rings. The Bertz CT molecular complexity index is 222. The van der Waals surface area contributed by atoms with Crippen LogP contribution in [0.25, 0.3) is 0 Å². The maximum Gasteiger partial charge on any atom is 0.177 e. The van der Waals surface area contributed by atoms with Crippen molar-refractivity contribution < 1.29 is 4.79 Å². The fourth-order valence-corrected chi connectivity index (χ4v) is 1.67. The highest BCUT2D eigenvalue weighted by atomic mass is 16.1. The largest absolute Gasteiger partial charge is 0.361 e. The lowest BCUT2D eigenvalue weighted by molar-refractivity contribution is -0.113. The molecule has 1 unspecified atom stereocenters. The van der Waals surface area contributed by atoms with Crippen LogP contribution in [0.15, 0.2) is 11.9 Å². The van der Waals surface area contributed by atoms with Crippen LogP contribution in [0, 0.1) is 0 Å². The predicted octanol–water partition coefficient (Wildman–Crippen LogP) is 0.442. The number of carbonyl (C=O) groups is 1. The summed E-state index contributed by atoms with van der Waals surface area (Å²) in [5, 5.41) is 3.19. The molecule has 0 aliphatic carbocycles. The molecule has 2 rings (SSSR count). The van der Waals surface area contributed by atoms with Crippen LogP contribution in [-0.2, 0) is 4.79 Å². The number of Topliss-reactive ketones (excluding diaryl/α,β-unsaturated/α-hetero) is 1. The minimum absolute atomic E-state index is 0.138. The Balaban J connectivity index is 2.13. The molecule has 2 heterocycles. The molecule has 11 heavy (non-hydrogen) atoms. The van der Waals surface area contributed by atoms with Gasteiger partial charge >= 0.3 is 0 Å². The molecule has 0 spiro atoms. The highest BCUT2D eigenvalue weighted by Crippen LogP contribution is 2.21. The Morgan fingerprint density at radius 1 is 1.82 bits per heavy atom. The number of fused-ring (bicyclic) bond motifs is 1. The van der Waals surface area contributed by atoms with E-state index >= 15 is 0 Å². The van der Waals surface area contributed by atoms with E-state index < -0.39 is 0 Å². The molecular weight excluding hydrogens is 140 g/mol. The second-order valence-electron chi connectivity index (χ2n) is 3.14. The first-order chi connectivity index (χ1) is 5.27. The summed E-state index contributed by atoms with van der Waals surface area (Å²) < 4.78 is 0. The number of allylic oxidation sites excluding steroid dienone is 1. The normalized spacial score (nSPS) is 27.9. The van der Waals surface area contributed by atoms with Crippen LogP contribution in [0.3, 0.4) is 0 Å². The van der Waals surface area contributed by atoms with E-state index in [0.717, 1.165) is 18.7 Å². The molecule has 0 aromatic carbocycles. The van der Waals surface area contributed by atoms with Crippen molar-refractivity contribution in [3.05, 3.63) is 11.9 Å². The number of hydrogen-bond acceptors (Lipinski definition) is 3. The lowest BCUT2D eigenvalue weighted by atomic mass is 10.3. The Morgan fingerprint density at radius 3 is 3.27 bits per heavy atom. The fourth-order valence-electron chi connectivity index (χ4n) is 1.67. The minimum atomic E-state index is 0.138. The van der Waals surface area contributed by atoms with E-state index in [0.29, 0.717) is 6.17 Å². The Hall–Kier alpha value is -0.990. The molecule has 0 aromatic rings. The summed E-state index contributed by atoms with van der Waals surface area (Å²) in [5.74, 6) is 0.138. The van der Waals surface area contributed by atoms with Gasteiger partial charge in [0.2, 0.25) is 0 Å². The average molecular weight is 152 g/mol. The summed E-state index contributed by atoms with van der Waals surface area (Å²) >= 11 is 0. The van der Waals surface area contributed by atoms with Crippen molar-refractivity contribution in [3.63, 3.8) is 0 Å². The van der Waals surface area contributed by atoms with Crippen LogP contribution in [-0.4, -0.2) is 23.4 Å². The van der Waals surface area contributed by atoms with Crippen molar-refractivity contribution in [3.8, 4) is 0 Å². The van der Waals surface area contributed by atoms with Crippen molar-refractivity contribution >= 4 is 5.78 Å². The fraction of sp³-hybridized carbons (Fsp3) is 0.625. The van der Waals surface area contributed by atoms with Crippen molar-refractivity contribution in [2.45, 2.75) is 25.9 Å². The monoisotopic (exact) mass is 152 g/mol. The van der Waals surface area contributed by atoms with Gasteiger partial charge in [0.25, 0.3) is 0 Å². The lowest BCUT2D eigenvalue weighted by Gasteiger charge is -2.14. The average Bonchev–Trinajstić information content (AvgIpc) is 2.40. The van der Waals surface area contributed by atoms with Crippen LogP contribution in [0.5, 0.6) is 0 Å². The molecule has 0 aromatic heterocycles. The topological polar surface area (TPSA) is 32.3 Å². The van der Waals surface area contributed by atoms with Gasteiger partial charge in [-0.3, -0.25) is 4.79 Å². The van der Waals surface area contributed by atoms with Crippen LogP contribution in [0.4, 0.5) is 0 Å². The van der Waals surface area contributed by atoms with Gasteiger partial charge in [0.05, 0.1) is 11.9 Å². The summed E-state index contributed by atoms with van der Waals surface area (Å²) in [5.41, 5.74) is 0.773. The van der Waals surface area contributed by atoms with Gasteiger partial charge in [-0.05, 0) is 12.8 Å². The number of nitrogens with zero attached hydrogens (tertiary/aromatic N) is 1. The second kappa shape index (κ2) is 2.26. The highest BCUT2D eigenvalue weighted by molar-refractivity contribution is 5.92. The predicted molar refractivity (Wildman–Crippen MR) is 41.6 cm³/mol. The molecule has 2 aliphatic heterocycles. The van der Waals surface area contributed by atoms with Gasteiger partial charge in [0.15, 0.2) is 5.78 Å². The molecule has 3 nitrogen and oxygen atoms in total. The van der Waals surface area contributed by atoms with Gasteiger partial charge in [-0.2, -0.15) is 0 Å². The van der Waals surface area contributed by atoms with E-state index in [-0.39, 0.29) is 5.78 Å². The smallest absolute Gasteiger partial charge is 0.177 e. The van der Waals surface area contributed by atoms with Crippen molar-refractivity contribution in [2.24, 2.45) is 0 Å². The van der Waals surface area contributed by atoms with E-state index in [1.807, 2.05) is 6.20 Å². The van der Waals surface area contributed by atoms with Crippen LogP contribution >= 0.6 is 0 Å². The molecule has 0 bridgehead atoms. The third-order valence-corrected chi connectivity index (χ3v) is 2.29. The zero-order valence-corrected chi connectivity index (χ0v) is 6.63. The number of ketones is 1. The summed E-state index contributed by atoms with van der Waals surface area (Å²) in [4.78, 5) is 13.1. The second-order valence-corrected chi connectivity index (χ2v) is 3.14. The molecule has 1 N–H and O–H groups in total. The minimum Gasteiger partial charge on any atom is -0.361 e. The molecule has 0 amide bonds. The van der Waals surface area contributed by atoms with Gasteiger partial charge in [-0.1, -0.05) is 0 Å². The molecular formula is C8H12N2O. The first-order valence-electron chi connectivity index (χ1n) is 4.02. The van der Waals surface area contributed by atoms with Gasteiger partial charge in [-0.15, -0.1) is 0 Å². The van der Waals surface area contributed by atoms with E-state index in [2.05, 4.69) is 10.2 Å². The quantitative estimate of drug-likeness (QED) is 0.591. The number of carbonyl (C=O) groups excluding carboxylic acids is 1. The molecule has 3 heteroatoms. The van der Waals surface area contributed by atoms with E-state index in [1.165, 1.54) is 6.42 Å². The maximum absolute atomic E-state index is 10.9. The summed E-state index contributed by atoms with van der Waals surface area (Å²) in [6.45, 7) is 2.69. The van der Waals surface area contributed by atoms with Gasteiger partial charge in [0.1, 0.15) is 0 Å². The Morgan fingerprint density at radius 2 is 2.64 bits per heavy atom. The third kappa shape index (κ3) is 1.00. The van der Waals surface area contributed by atoms with Crippen molar-refractivity contribution in [1.29, 1.82) is 0 Å². The highest BCUT2D eigenvalue weighted by Gasteiger charge is 2.28.